The van der Waals surface area contributed by atoms with Crippen LogP contribution in [0.25, 0.3) is 0 Å². The quantitative estimate of drug-likeness (QED) is 0.389. The van der Waals surface area contributed by atoms with Crippen LogP contribution in [0.2, 0.25) is 0 Å². The summed E-state index contributed by atoms with van der Waals surface area (Å²) in [6.07, 6.45) is 0. The molecule has 54 valence electrons. The molecule has 0 aromatic heterocycles. The summed E-state index contributed by atoms with van der Waals surface area (Å²) in [6, 6.07) is 0. The fraction of sp³-hybridized carbons (Fsp3) is 1.00. The summed E-state index contributed by atoms with van der Waals surface area (Å²) in [7, 11) is 3.22. The number of rotatable bonds is 2. The van der Waals surface area contributed by atoms with Gasteiger partial charge in [0.1, 0.15) is 0 Å². The highest BCUT2D eigenvalue weighted by atomic mass is 31.2. The van der Waals surface area contributed by atoms with Crippen molar-refractivity contribution in [1.29, 1.82) is 0 Å². The van der Waals surface area contributed by atoms with E-state index in [1.807, 2.05) is 14.1 Å². The lowest BCUT2D eigenvalue weighted by Crippen LogP contribution is -3.11. The molecule has 2 N–H and O–H groups in total. The Balaban J connectivity index is 2.11. The predicted octanol–water partition coefficient (Wildman–Crippen LogP) is -1.09. The number of hydrogen-bond donors (Lipinski definition) is 2. The lowest BCUT2D eigenvalue weighted by molar-refractivity contribution is -0.891. The molecule has 0 radical (unpaired) electrons. The SMILES string of the molecule is C[NH+](C)NP1OCCO1. The first kappa shape index (κ1) is 7.38. The first-order valence-electron chi connectivity index (χ1n) is 2.92. The van der Waals surface area contributed by atoms with E-state index in [1.165, 1.54) is 0 Å². The molecular formula is C4H12N2O2P+. The van der Waals surface area contributed by atoms with Crippen LogP contribution in [0.4, 0.5) is 0 Å². The summed E-state index contributed by atoms with van der Waals surface area (Å²) in [5, 5.41) is 4.22. The second-order valence-corrected chi connectivity index (χ2v) is 3.29. The maximum Gasteiger partial charge on any atom is 0.305 e. The van der Waals surface area contributed by atoms with Crippen LogP contribution in [-0.2, 0) is 9.05 Å². The average molecular weight is 151 g/mol. The molecule has 1 aliphatic heterocycles. The van der Waals surface area contributed by atoms with Gasteiger partial charge in [-0.1, -0.05) is 5.20 Å². The van der Waals surface area contributed by atoms with Gasteiger partial charge in [-0.15, -0.1) is 0 Å². The fourth-order valence-electron chi connectivity index (χ4n) is 0.525. The zero-order valence-corrected chi connectivity index (χ0v) is 6.57. The van der Waals surface area contributed by atoms with Crippen LogP contribution in [0.3, 0.4) is 0 Å². The second kappa shape index (κ2) is 3.44. The maximum absolute atomic E-state index is 5.17. The van der Waals surface area contributed by atoms with Crippen LogP contribution in [0.5, 0.6) is 0 Å². The molecule has 0 aliphatic carbocycles. The third kappa shape index (κ3) is 2.56. The van der Waals surface area contributed by atoms with Gasteiger partial charge in [-0.3, -0.25) is 5.01 Å². The standard InChI is InChI=1S/C4H11N2O2P/c1-6(2)5-9-7-3-4-8-9/h5H,3-4H2,1-2H3/p+1. The summed E-state index contributed by atoms with van der Waals surface area (Å²) in [5.41, 5.74) is 0. The smallest absolute Gasteiger partial charge is 0.305 e. The summed E-state index contributed by atoms with van der Waals surface area (Å²) in [6.45, 7) is 1.46. The Kier molecular flexibility index (Phi) is 2.82. The van der Waals surface area contributed by atoms with Crippen molar-refractivity contribution in [2.24, 2.45) is 0 Å². The van der Waals surface area contributed by atoms with E-state index >= 15 is 0 Å². The Morgan fingerprint density at radius 3 is 2.33 bits per heavy atom. The number of nitrogens with one attached hydrogen (secondary N) is 2. The van der Waals surface area contributed by atoms with E-state index in [-0.39, 0.29) is 0 Å². The Hall–Kier alpha value is 0.270. The molecule has 0 atom stereocenters. The van der Waals surface area contributed by atoms with Crippen molar-refractivity contribution in [3.05, 3.63) is 0 Å². The Morgan fingerprint density at radius 1 is 1.33 bits per heavy atom. The Morgan fingerprint density at radius 2 is 1.89 bits per heavy atom. The molecule has 9 heavy (non-hydrogen) atoms. The van der Waals surface area contributed by atoms with Gasteiger partial charge in [0.15, 0.2) is 0 Å². The molecule has 0 saturated carbocycles. The van der Waals surface area contributed by atoms with Crippen molar-refractivity contribution in [3.8, 4) is 0 Å². The molecule has 0 aromatic carbocycles. The molecule has 0 unspecified atom stereocenters. The first-order chi connectivity index (χ1) is 4.29. The van der Waals surface area contributed by atoms with Crippen LogP contribution in [0.1, 0.15) is 0 Å². The minimum absolute atomic E-state index is 0.728. The predicted molar refractivity (Wildman–Crippen MR) is 34.8 cm³/mol. The monoisotopic (exact) mass is 151 g/mol. The van der Waals surface area contributed by atoms with Crippen molar-refractivity contribution in [2.75, 3.05) is 27.3 Å². The van der Waals surface area contributed by atoms with Crippen molar-refractivity contribution < 1.29 is 14.1 Å². The van der Waals surface area contributed by atoms with Gasteiger partial charge in [0, 0.05) is 0 Å². The molecule has 1 rings (SSSR count). The van der Waals surface area contributed by atoms with Crippen molar-refractivity contribution in [1.82, 2.24) is 5.20 Å². The maximum atomic E-state index is 5.17. The van der Waals surface area contributed by atoms with Crippen molar-refractivity contribution >= 4 is 8.53 Å². The molecule has 4 nitrogen and oxygen atoms in total. The van der Waals surface area contributed by atoms with E-state index < -0.39 is 8.53 Å². The van der Waals surface area contributed by atoms with Crippen LogP contribution in [-0.4, -0.2) is 27.3 Å². The second-order valence-electron chi connectivity index (χ2n) is 2.04. The summed E-state index contributed by atoms with van der Waals surface area (Å²) in [4.78, 5) is 0. The van der Waals surface area contributed by atoms with Crippen molar-refractivity contribution in [2.45, 2.75) is 0 Å². The minimum atomic E-state index is -0.772. The van der Waals surface area contributed by atoms with Crippen molar-refractivity contribution in [3.63, 3.8) is 0 Å². The molecule has 0 spiro atoms. The largest absolute Gasteiger partial charge is 0.317 e. The Labute approximate surface area is 56.1 Å². The first-order valence-corrected chi connectivity index (χ1v) is 4.09. The summed E-state index contributed by atoms with van der Waals surface area (Å²) >= 11 is 0. The highest BCUT2D eigenvalue weighted by Crippen LogP contribution is 2.35. The van der Waals surface area contributed by atoms with E-state index in [4.69, 9.17) is 9.05 Å². The van der Waals surface area contributed by atoms with Gasteiger partial charge in [-0.25, -0.2) is 0 Å². The van der Waals surface area contributed by atoms with E-state index in [9.17, 15) is 0 Å². The highest BCUT2D eigenvalue weighted by molar-refractivity contribution is 7.44. The molecule has 1 heterocycles. The lowest BCUT2D eigenvalue weighted by Gasteiger charge is -2.11. The topological polar surface area (TPSA) is 34.9 Å². The van der Waals surface area contributed by atoms with Crippen LogP contribution in [0.15, 0.2) is 0 Å². The Bertz CT molecular complexity index is 84.6. The third-order valence-corrected chi connectivity index (χ3v) is 2.28. The van der Waals surface area contributed by atoms with Crippen LogP contribution < -0.4 is 10.2 Å². The van der Waals surface area contributed by atoms with Gasteiger partial charge >= 0.3 is 8.53 Å². The molecule has 5 heteroatoms. The van der Waals surface area contributed by atoms with Gasteiger partial charge in [-0.2, -0.15) is 0 Å². The minimum Gasteiger partial charge on any atom is -0.317 e. The fourth-order valence-corrected chi connectivity index (χ4v) is 1.57. The molecule has 0 bridgehead atoms. The van der Waals surface area contributed by atoms with Gasteiger partial charge < -0.3 is 9.05 Å². The molecule has 0 aromatic rings. The zero-order chi connectivity index (χ0) is 6.69. The summed E-state index contributed by atoms with van der Waals surface area (Å²) < 4.78 is 10.3. The van der Waals surface area contributed by atoms with E-state index in [0.717, 1.165) is 18.2 Å². The van der Waals surface area contributed by atoms with Gasteiger partial charge in [0.2, 0.25) is 0 Å². The third-order valence-electron chi connectivity index (χ3n) is 0.815. The molecule has 1 aliphatic rings. The molecular weight excluding hydrogens is 139 g/mol. The lowest BCUT2D eigenvalue weighted by atomic mass is 10.8. The zero-order valence-electron chi connectivity index (χ0n) is 5.68. The molecule has 1 fully saturated rings. The average Bonchev–Trinajstić information content (AvgIpc) is 2.15. The molecule has 0 amide bonds. The van der Waals surface area contributed by atoms with Crippen LogP contribution >= 0.6 is 8.53 Å². The molecule has 1 saturated heterocycles. The van der Waals surface area contributed by atoms with Gasteiger partial charge in [0.25, 0.3) is 0 Å². The highest BCUT2D eigenvalue weighted by Gasteiger charge is 2.19. The number of quaternary nitrogens is 1. The van der Waals surface area contributed by atoms with Gasteiger partial charge in [0.05, 0.1) is 27.3 Å². The normalized spacial score (nSPS) is 21.7. The van der Waals surface area contributed by atoms with E-state index in [2.05, 4.69) is 5.20 Å². The van der Waals surface area contributed by atoms with E-state index in [0.29, 0.717) is 0 Å². The number of hydrogen-bond acceptors (Lipinski definition) is 3. The van der Waals surface area contributed by atoms with Crippen LogP contribution in [0, 0.1) is 0 Å². The van der Waals surface area contributed by atoms with E-state index in [1.54, 1.807) is 0 Å². The van der Waals surface area contributed by atoms with Gasteiger partial charge in [-0.05, 0) is 0 Å². The summed E-state index contributed by atoms with van der Waals surface area (Å²) in [5.74, 6) is 0.